The van der Waals surface area contributed by atoms with Crippen LogP contribution in [0.5, 0.6) is 0 Å². The van der Waals surface area contributed by atoms with E-state index in [0.717, 1.165) is 25.1 Å². The van der Waals surface area contributed by atoms with E-state index in [1.165, 1.54) is 16.3 Å². The van der Waals surface area contributed by atoms with Gasteiger partial charge in [-0.2, -0.15) is 0 Å². The molecule has 3 rings (SSSR count). The molecule has 1 aliphatic heterocycles. The summed E-state index contributed by atoms with van der Waals surface area (Å²) in [6.07, 6.45) is 5.92. The molecule has 98 valence electrons. The lowest BCUT2D eigenvalue weighted by molar-refractivity contribution is 0.220. The first-order valence-corrected chi connectivity index (χ1v) is 6.71. The van der Waals surface area contributed by atoms with Gasteiger partial charge in [-0.3, -0.25) is 4.98 Å². The SMILES string of the molecule is CNC(C1=COCCC1)c1nccc2ccccc12. The van der Waals surface area contributed by atoms with Gasteiger partial charge in [0.1, 0.15) is 0 Å². The van der Waals surface area contributed by atoms with Crippen molar-refractivity contribution < 1.29 is 4.74 Å². The summed E-state index contributed by atoms with van der Waals surface area (Å²) in [5, 5.41) is 5.80. The molecule has 2 aromatic rings. The van der Waals surface area contributed by atoms with E-state index in [-0.39, 0.29) is 6.04 Å². The smallest absolute Gasteiger partial charge is 0.0876 e. The van der Waals surface area contributed by atoms with Gasteiger partial charge < -0.3 is 10.1 Å². The number of nitrogens with zero attached hydrogens (tertiary/aromatic N) is 1. The number of nitrogens with one attached hydrogen (secondary N) is 1. The molecular formula is C16H18N2O. The van der Waals surface area contributed by atoms with Gasteiger partial charge in [0, 0.05) is 11.6 Å². The maximum absolute atomic E-state index is 5.47. The zero-order valence-corrected chi connectivity index (χ0v) is 11.1. The second kappa shape index (κ2) is 5.41. The lowest BCUT2D eigenvalue weighted by atomic mass is 9.96. The molecule has 0 spiro atoms. The number of benzene rings is 1. The van der Waals surface area contributed by atoms with Crippen molar-refractivity contribution in [3.8, 4) is 0 Å². The fourth-order valence-electron chi connectivity index (χ4n) is 2.67. The molecule has 19 heavy (non-hydrogen) atoms. The van der Waals surface area contributed by atoms with E-state index in [1.807, 2.05) is 19.5 Å². The fraction of sp³-hybridized carbons (Fsp3) is 0.312. The van der Waals surface area contributed by atoms with Gasteiger partial charge in [-0.1, -0.05) is 24.3 Å². The van der Waals surface area contributed by atoms with Crippen LogP contribution in [-0.2, 0) is 4.74 Å². The molecule has 1 aromatic carbocycles. The molecule has 1 unspecified atom stereocenters. The number of likely N-dealkylation sites (N-methyl/N-ethyl adjacent to an activating group) is 1. The van der Waals surface area contributed by atoms with Gasteiger partial charge in [0.25, 0.3) is 0 Å². The van der Waals surface area contributed by atoms with Crippen LogP contribution in [0.15, 0.2) is 48.4 Å². The summed E-state index contributed by atoms with van der Waals surface area (Å²) >= 11 is 0. The Labute approximate surface area is 113 Å². The first kappa shape index (κ1) is 12.2. The number of hydrogen-bond acceptors (Lipinski definition) is 3. The Balaban J connectivity index is 2.08. The van der Waals surface area contributed by atoms with Crippen molar-refractivity contribution in [3.63, 3.8) is 0 Å². The summed E-state index contributed by atoms with van der Waals surface area (Å²) in [5.74, 6) is 0. The molecule has 1 aliphatic rings. The van der Waals surface area contributed by atoms with E-state index in [4.69, 9.17) is 4.74 Å². The van der Waals surface area contributed by atoms with Gasteiger partial charge in [0.05, 0.1) is 24.6 Å². The second-order valence-corrected chi connectivity index (χ2v) is 4.81. The van der Waals surface area contributed by atoms with E-state index >= 15 is 0 Å². The molecular weight excluding hydrogens is 236 g/mol. The quantitative estimate of drug-likeness (QED) is 0.913. The van der Waals surface area contributed by atoms with Gasteiger partial charge in [-0.25, -0.2) is 0 Å². The zero-order valence-electron chi connectivity index (χ0n) is 11.1. The van der Waals surface area contributed by atoms with Crippen molar-refractivity contribution in [1.82, 2.24) is 10.3 Å². The van der Waals surface area contributed by atoms with Crippen molar-refractivity contribution in [2.24, 2.45) is 0 Å². The van der Waals surface area contributed by atoms with Crippen LogP contribution in [0.1, 0.15) is 24.6 Å². The number of rotatable bonds is 3. The molecule has 0 saturated heterocycles. The number of fused-ring (bicyclic) bond motifs is 1. The highest BCUT2D eigenvalue weighted by Gasteiger charge is 2.20. The predicted octanol–water partition coefficient (Wildman–Crippen LogP) is 3.19. The zero-order chi connectivity index (χ0) is 13.1. The number of hydrogen-bond donors (Lipinski definition) is 1. The van der Waals surface area contributed by atoms with Crippen LogP contribution in [0, 0.1) is 0 Å². The Morgan fingerprint density at radius 1 is 1.26 bits per heavy atom. The first-order chi connectivity index (χ1) is 9.40. The normalized spacial score (nSPS) is 16.8. The standard InChI is InChI=1S/C16H18N2O/c1-17-15(13-6-4-10-19-11-13)16-14-7-3-2-5-12(14)8-9-18-16/h2-3,5,7-9,11,15,17H,4,6,10H2,1H3. The molecule has 0 aliphatic carbocycles. The highest BCUT2D eigenvalue weighted by atomic mass is 16.5. The Morgan fingerprint density at radius 2 is 2.16 bits per heavy atom. The fourth-order valence-corrected chi connectivity index (χ4v) is 2.67. The van der Waals surface area contributed by atoms with Crippen LogP contribution in [0.2, 0.25) is 0 Å². The van der Waals surface area contributed by atoms with Crippen molar-refractivity contribution in [1.29, 1.82) is 0 Å². The Hall–Kier alpha value is -1.87. The average molecular weight is 254 g/mol. The maximum atomic E-state index is 5.47. The van der Waals surface area contributed by atoms with Crippen LogP contribution in [0.25, 0.3) is 10.8 Å². The van der Waals surface area contributed by atoms with Crippen molar-refractivity contribution in [2.45, 2.75) is 18.9 Å². The van der Waals surface area contributed by atoms with Gasteiger partial charge in [0.15, 0.2) is 0 Å². The average Bonchev–Trinajstić information content (AvgIpc) is 2.49. The summed E-state index contributed by atoms with van der Waals surface area (Å²) in [6, 6.07) is 10.6. The van der Waals surface area contributed by atoms with Crippen LogP contribution < -0.4 is 5.32 Å². The van der Waals surface area contributed by atoms with E-state index < -0.39 is 0 Å². The maximum Gasteiger partial charge on any atom is 0.0876 e. The summed E-state index contributed by atoms with van der Waals surface area (Å²) in [7, 11) is 1.98. The first-order valence-electron chi connectivity index (χ1n) is 6.71. The number of aromatic nitrogens is 1. The summed E-state index contributed by atoms with van der Waals surface area (Å²) in [4.78, 5) is 4.59. The molecule has 3 heteroatoms. The summed E-state index contributed by atoms with van der Waals surface area (Å²) in [5.41, 5.74) is 2.36. The Kier molecular flexibility index (Phi) is 3.47. The molecule has 0 radical (unpaired) electrons. The number of pyridine rings is 1. The summed E-state index contributed by atoms with van der Waals surface area (Å²) < 4.78 is 5.47. The van der Waals surface area contributed by atoms with Crippen molar-refractivity contribution in [2.75, 3.05) is 13.7 Å². The third-order valence-corrected chi connectivity index (χ3v) is 3.60. The minimum Gasteiger partial charge on any atom is -0.501 e. The molecule has 1 N–H and O–H groups in total. The third kappa shape index (κ3) is 2.34. The Bertz CT molecular complexity index is 601. The third-order valence-electron chi connectivity index (χ3n) is 3.60. The lowest BCUT2D eigenvalue weighted by Crippen LogP contribution is -2.22. The van der Waals surface area contributed by atoms with Crippen LogP contribution in [0.4, 0.5) is 0 Å². The number of ether oxygens (including phenoxy) is 1. The van der Waals surface area contributed by atoms with Gasteiger partial charge in [0.2, 0.25) is 0 Å². The highest BCUT2D eigenvalue weighted by Crippen LogP contribution is 2.30. The molecule has 0 fully saturated rings. The minimum absolute atomic E-state index is 0.131. The topological polar surface area (TPSA) is 34.1 Å². The molecule has 0 saturated carbocycles. The van der Waals surface area contributed by atoms with E-state index in [1.54, 1.807) is 0 Å². The van der Waals surface area contributed by atoms with Crippen LogP contribution >= 0.6 is 0 Å². The van der Waals surface area contributed by atoms with E-state index in [2.05, 4.69) is 40.6 Å². The van der Waals surface area contributed by atoms with E-state index in [9.17, 15) is 0 Å². The predicted molar refractivity (Wildman–Crippen MR) is 76.8 cm³/mol. The van der Waals surface area contributed by atoms with Gasteiger partial charge in [-0.05, 0) is 36.9 Å². The second-order valence-electron chi connectivity index (χ2n) is 4.81. The monoisotopic (exact) mass is 254 g/mol. The molecule has 3 nitrogen and oxygen atoms in total. The highest BCUT2D eigenvalue weighted by molar-refractivity contribution is 5.85. The molecule has 0 bridgehead atoms. The molecule has 1 atom stereocenters. The molecule has 0 amide bonds. The van der Waals surface area contributed by atoms with Crippen molar-refractivity contribution >= 4 is 10.8 Å². The minimum atomic E-state index is 0.131. The van der Waals surface area contributed by atoms with Gasteiger partial charge >= 0.3 is 0 Å². The van der Waals surface area contributed by atoms with Crippen molar-refractivity contribution in [3.05, 3.63) is 54.1 Å². The van der Waals surface area contributed by atoms with E-state index in [0.29, 0.717) is 0 Å². The molecule has 2 heterocycles. The molecule has 1 aromatic heterocycles. The summed E-state index contributed by atoms with van der Waals surface area (Å²) in [6.45, 7) is 0.822. The van der Waals surface area contributed by atoms with Gasteiger partial charge in [-0.15, -0.1) is 0 Å². The van der Waals surface area contributed by atoms with Crippen LogP contribution in [0.3, 0.4) is 0 Å². The van der Waals surface area contributed by atoms with Crippen LogP contribution in [-0.4, -0.2) is 18.6 Å². The lowest BCUT2D eigenvalue weighted by Gasteiger charge is -2.23. The largest absolute Gasteiger partial charge is 0.501 e. The Morgan fingerprint density at radius 3 is 2.95 bits per heavy atom.